The standard InChI is InChI=1S/C11H15ClO2/c1-10-4-2-3-5-11(10)14-9-8-13-7-6-12/h2-5H,6-9H2,1H3. The van der Waals surface area contributed by atoms with Crippen LogP contribution in [0.15, 0.2) is 24.3 Å². The van der Waals surface area contributed by atoms with Gasteiger partial charge in [0.05, 0.1) is 13.2 Å². The molecule has 0 N–H and O–H groups in total. The van der Waals surface area contributed by atoms with E-state index in [1.807, 2.05) is 31.2 Å². The lowest BCUT2D eigenvalue weighted by Gasteiger charge is -2.08. The summed E-state index contributed by atoms with van der Waals surface area (Å²) >= 11 is 5.46. The van der Waals surface area contributed by atoms with Crippen LogP contribution in [0.25, 0.3) is 0 Å². The van der Waals surface area contributed by atoms with Crippen LogP contribution in [0, 0.1) is 6.92 Å². The Labute approximate surface area is 89.8 Å². The van der Waals surface area contributed by atoms with Crippen LogP contribution >= 0.6 is 11.6 Å². The topological polar surface area (TPSA) is 18.5 Å². The molecule has 2 nitrogen and oxygen atoms in total. The first-order valence-electron chi connectivity index (χ1n) is 4.66. The number of alkyl halides is 1. The summed E-state index contributed by atoms with van der Waals surface area (Å²) in [6.07, 6.45) is 0. The third-order valence-electron chi connectivity index (χ3n) is 1.80. The molecule has 0 spiro atoms. The van der Waals surface area contributed by atoms with Crippen LogP contribution < -0.4 is 4.74 Å². The van der Waals surface area contributed by atoms with E-state index in [4.69, 9.17) is 21.1 Å². The Morgan fingerprint density at radius 3 is 2.64 bits per heavy atom. The fourth-order valence-corrected chi connectivity index (χ4v) is 1.19. The van der Waals surface area contributed by atoms with Crippen LogP contribution in [0.3, 0.4) is 0 Å². The zero-order chi connectivity index (χ0) is 10.2. The van der Waals surface area contributed by atoms with Gasteiger partial charge in [-0.05, 0) is 18.6 Å². The predicted octanol–water partition coefficient (Wildman–Crippen LogP) is 2.63. The van der Waals surface area contributed by atoms with Gasteiger partial charge in [-0.1, -0.05) is 18.2 Å². The first-order chi connectivity index (χ1) is 6.84. The Bertz CT molecular complexity index is 263. The zero-order valence-corrected chi connectivity index (χ0v) is 9.09. The summed E-state index contributed by atoms with van der Waals surface area (Å²) in [7, 11) is 0. The molecule has 1 rings (SSSR count). The van der Waals surface area contributed by atoms with Gasteiger partial charge in [0.1, 0.15) is 12.4 Å². The highest BCUT2D eigenvalue weighted by molar-refractivity contribution is 6.17. The van der Waals surface area contributed by atoms with E-state index in [2.05, 4.69) is 0 Å². The Kier molecular flexibility index (Phi) is 5.42. The molecule has 0 aliphatic carbocycles. The molecule has 0 amide bonds. The molecule has 0 heterocycles. The van der Waals surface area contributed by atoms with Crippen molar-refractivity contribution in [1.29, 1.82) is 0 Å². The van der Waals surface area contributed by atoms with Crippen LogP contribution in [-0.2, 0) is 4.74 Å². The van der Waals surface area contributed by atoms with E-state index in [-0.39, 0.29) is 0 Å². The number of ether oxygens (including phenoxy) is 2. The molecule has 0 aromatic heterocycles. The highest BCUT2D eigenvalue weighted by atomic mass is 35.5. The lowest BCUT2D eigenvalue weighted by Crippen LogP contribution is -2.08. The van der Waals surface area contributed by atoms with Crippen molar-refractivity contribution in [3.63, 3.8) is 0 Å². The molecule has 0 fully saturated rings. The summed E-state index contributed by atoms with van der Waals surface area (Å²) in [5.74, 6) is 1.45. The molecule has 0 bridgehead atoms. The van der Waals surface area contributed by atoms with Crippen LogP contribution in [0.2, 0.25) is 0 Å². The molecular weight excluding hydrogens is 200 g/mol. The van der Waals surface area contributed by atoms with Gasteiger partial charge < -0.3 is 9.47 Å². The van der Waals surface area contributed by atoms with Crippen molar-refractivity contribution in [3.8, 4) is 5.75 Å². The molecule has 78 valence electrons. The van der Waals surface area contributed by atoms with E-state index in [0.29, 0.717) is 25.7 Å². The summed E-state index contributed by atoms with van der Waals surface area (Å²) in [6.45, 7) is 3.76. The van der Waals surface area contributed by atoms with Gasteiger partial charge in [0.25, 0.3) is 0 Å². The number of hydrogen-bond donors (Lipinski definition) is 0. The fraction of sp³-hybridized carbons (Fsp3) is 0.455. The van der Waals surface area contributed by atoms with Gasteiger partial charge in [0.15, 0.2) is 0 Å². The van der Waals surface area contributed by atoms with Crippen LogP contribution in [0.4, 0.5) is 0 Å². The van der Waals surface area contributed by atoms with Gasteiger partial charge in [-0.3, -0.25) is 0 Å². The quantitative estimate of drug-likeness (QED) is 0.536. The van der Waals surface area contributed by atoms with E-state index in [1.54, 1.807) is 0 Å². The first-order valence-corrected chi connectivity index (χ1v) is 5.20. The van der Waals surface area contributed by atoms with Gasteiger partial charge in [-0.2, -0.15) is 0 Å². The average molecular weight is 215 g/mol. The summed E-state index contributed by atoms with van der Waals surface area (Å²) in [5, 5.41) is 0. The predicted molar refractivity (Wildman–Crippen MR) is 58.2 cm³/mol. The number of hydrogen-bond acceptors (Lipinski definition) is 2. The van der Waals surface area contributed by atoms with E-state index < -0.39 is 0 Å². The van der Waals surface area contributed by atoms with Crippen LogP contribution in [-0.4, -0.2) is 25.7 Å². The molecule has 1 aromatic carbocycles. The molecule has 0 saturated heterocycles. The highest BCUT2D eigenvalue weighted by Crippen LogP contribution is 2.15. The molecule has 0 aliphatic rings. The smallest absolute Gasteiger partial charge is 0.122 e. The molecule has 1 aromatic rings. The van der Waals surface area contributed by atoms with Crippen molar-refractivity contribution in [1.82, 2.24) is 0 Å². The van der Waals surface area contributed by atoms with Gasteiger partial charge in [0, 0.05) is 5.88 Å². The number of aryl methyl sites for hydroxylation is 1. The summed E-state index contributed by atoms with van der Waals surface area (Å²) in [6, 6.07) is 7.93. The van der Waals surface area contributed by atoms with E-state index >= 15 is 0 Å². The second kappa shape index (κ2) is 6.68. The largest absolute Gasteiger partial charge is 0.491 e. The lowest BCUT2D eigenvalue weighted by atomic mass is 10.2. The van der Waals surface area contributed by atoms with Gasteiger partial charge in [-0.25, -0.2) is 0 Å². The SMILES string of the molecule is Cc1ccccc1OCCOCCCl. The molecule has 14 heavy (non-hydrogen) atoms. The Hall–Kier alpha value is -0.730. The second-order valence-electron chi connectivity index (χ2n) is 2.92. The minimum atomic E-state index is 0.532. The third kappa shape index (κ3) is 3.99. The van der Waals surface area contributed by atoms with Crippen molar-refractivity contribution >= 4 is 11.6 Å². The highest BCUT2D eigenvalue weighted by Gasteiger charge is 1.96. The van der Waals surface area contributed by atoms with Gasteiger partial charge in [-0.15, -0.1) is 11.6 Å². The van der Waals surface area contributed by atoms with Gasteiger partial charge in [0.2, 0.25) is 0 Å². The van der Waals surface area contributed by atoms with Crippen molar-refractivity contribution in [3.05, 3.63) is 29.8 Å². The van der Waals surface area contributed by atoms with E-state index in [1.165, 1.54) is 0 Å². The Morgan fingerprint density at radius 1 is 1.14 bits per heavy atom. The van der Waals surface area contributed by atoms with Crippen molar-refractivity contribution in [2.24, 2.45) is 0 Å². The van der Waals surface area contributed by atoms with E-state index in [9.17, 15) is 0 Å². The minimum Gasteiger partial charge on any atom is -0.491 e. The lowest BCUT2D eigenvalue weighted by molar-refractivity contribution is 0.111. The minimum absolute atomic E-state index is 0.532. The molecule has 0 radical (unpaired) electrons. The molecule has 0 saturated carbocycles. The van der Waals surface area contributed by atoms with Gasteiger partial charge >= 0.3 is 0 Å². The second-order valence-corrected chi connectivity index (χ2v) is 3.29. The fourth-order valence-electron chi connectivity index (χ4n) is 1.09. The van der Waals surface area contributed by atoms with Crippen molar-refractivity contribution < 1.29 is 9.47 Å². The zero-order valence-electron chi connectivity index (χ0n) is 8.33. The molecule has 3 heteroatoms. The van der Waals surface area contributed by atoms with E-state index in [0.717, 1.165) is 11.3 Å². The van der Waals surface area contributed by atoms with Crippen molar-refractivity contribution in [2.45, 2.75) is 6.92 Å². The number of halogens is 1. The Balaban J connectivity index is 2.21. The maximum absolute atomic E-state index is 5.52. The molecule has 0 atom stereocenters. The van der Waals surface area contributed by atoms with Crippen LogP contribution in [0.1, 0.15) is 5.56 Å². The molecular formula is C11H15ClO2. The first kappa shape index (κ1) is 11.3. The van der Waals surface area contributed by atoms with Crippen molar-refractivity contribution in [2.75, 3.05) is 25.7 Å². The normalized spacial score (nSPS) is 10.1. The monoisotopic (exact) mass is 214 g/mol. The molecule has 0 unspecified atom stereocenters. The molecule has 0 aliphatic heterocycles. The number of benzene rings is 1. The maximum atomic E-state index is 5.52. The number of rotatable bonds is 6. The summed E-state index contributed by atoms with van der Waals surface area (Å²) in [4.78, 5) is 0. The number of para-hydroxylation sites is 1. The average Bonchev–Trinajstić information content (AvgIpc) is 2.20. The Morgan fingerprint density at radius 2 is 1.93 bits per heavy atom. The van der Waals surface area contributed by atoms with Crippen LogP contribution in [0.5, 0.6) is 5.75 Å². The summed E-state index contributed by atoms with van der Waals surface area (Å²) in [5.41, 5.74) is 1.14. The summed E-state index contributed by atoms with van der Waals surface area (Å²) < 4.78 is 10.7. The third-order valence-corrected chi connectivity index (χ3v) is 1.95. The maximum Gasteiger partial charge on any atom is 0.122 e.